The van der Waals surface area contributed by atoms with Crippen molar-refractivity contribution in [3.8, 4) is 0 Å². The van der Waals surface area contributed by atoms with E-state index in [0.717, 1.165) is 18.7 Å². The standard InChI is InChI=1S/C14H23NO2/c1-12(10-17-3)9-15-14(2,11-16)13-7-5-4-6-8-13/h4-8,12,15-16H,9-11H2,1-3H3. The van der Waals surface area contributed by atoms with Crippen molar-refractivity contribution in [3.63, 3.8) is 0 Å². The van der Waals surface area contributed by atoms with Crippen LogP contribution in [0.3, 0.4) is 0 Å². The number of hydrogen-bond acceptors (Lipinski definition) is 3. The minimum absolute atomic E-state index is 0.0801. The average Bonchev–Trinajstić information content (AvgIpc) is 2.37. The number of nitrogens with one attached hydrogen (secondary N) is 1. The first kappa shape index (κ1) is 14.2. The van der Waals surface area contributed by atoms with Crippen LogP contribution >= 0.6 is 0 Å². The first-order chi connectivity index (χ1) is 8.12. The number of methoxy groups -OCH3 is 1. The van der Waals surface area contributed by atoms with E-state index in [1.165, 1.54) is 0 Å². The van der Waals surface area contributed by atoms with Gasteiger partial charge in [0.2, 0.25) is 0 Å². The summed E-state index contributed by atoms with van der Waals surface area (Å²) in [5, 5.41) is 13.0. The van der Waals surface area contributed by atoms with Crippen LogP contribution in [0.15, 0.2) is 30.3 Å². The van der Waals surface area contributed by atoms with Crippen molar-refractivity contribution in [1.29, 1.82) is 0 Å². The van der Waals surface area contributed by atoms with Gasteiger partial charge in [-0.05, 0) is 18.4 Å². The molecule has 0 fully saturated rings. The van der Waals surface area contributed by atoms with Crippen LogP contribution in [-0.4, -0.2) is 32.0 Å². The molecule has 0 aliphatic rings. The molecule has 1 aromatic carbocycles. The van der Waals surface area contributed by atoms with Crippen LogP contribution in [-0.2, 0) is 10.3 Å². The Morgan fingerprint density at radius 1 is 1.35 bits per heavy atom. The monoisotopic (exact) mass is 237 g/mol. The van der Waals surface area contributed by atoms with Gasteiger partial charge < -0.3 is 15.2 Å². The van der Waals surface area contributed by atoms with E-state index in [1.807, 2.05) is 37.3 Å². The zero-order valence-electron chi connectivity index (χ0n) is 10.9. The highest BCUT2D eigenvalue weighted by Crippen LogP contribution is 2.19. The van der Waals surface area contributed by atoms with Gasteiger partial charge in [0.15, 0.2) is 0 Å². The molecule has 96 valence electrons. The maximum atomic E-state index is 9.59. The zero-order chi connectivity index (χ0) is 12.7. The molecule has 0 saturated carbocycles. The molecule has 0 aliphatic heterocycles. The van der Waals surface area contributed by atoms with E-state index < -0.39 is 0 Å². The third-order valence-electron chi connectivity index (χ3n) is 3.02. The van der Waals surface area contributed by atoms with Gasteiger partial charge in [-0.1, -0.05) is 37.3 Å². The Kier molecular flexibility index (Phi) is 5.62. The van der Waals surface area contributed by atoms with Crippen molar-refractivity contribution in [2.45, 2.75) is 19.4 Å². The summed E-state index contributed by atoms with van der Waals surface area (Å²) in [6, 6.07) is 10.0. The van der Waals surface area contributed by atoms with Crippen molar-refractivity contribution >= 4 is 0 Å². The van der Waals surface area contributed by atoms with E-state index in [2.05, 4.69) is 12.2 Å². The van der Waals surface area contributed by atoms with Gasteiger partial charge in [-0.2, -0.15) is 0 Å². The molecule has 0 spiro atoms. The molecule has 0 aliphatic carbocycles. The highest BCUT2D eigenvalue weighted by molar-refractivity contribution is 5.23. The quantitative estimate of drug-likeness (QED) is 0.759. The molecule has 2 unspecified atom stereocenters. The maximum Gasteiger partial charge on any atom is 0.0652 e. The molecule has 2 atom stereocenters. The Bertz CT molecular complexity index is 315. The summed E-state index contributed by atoms with van der Waals surface area (Å²) >= 11 is 0. The Morgan fingerprint density at radius 2 is 2.00 bits per heavy atom. The molecule has 0 radical (unpaired) electrons. The van der Waals surface area contributed by atoms with Crippen LogP contribution in [0.25, 0.3) is 0 Å². The van der Waals surface area contributed by atoms with Gasteiger partial charge in [-0.15, -0.1) is 0 Å². The molecule has 17 heavy (non-hydrogen) atoms. The van der Waals surface area contributed by atoms with Crippen molar-refractivity contribution in [2.75, 3.05) is 26.9 Å². The van der Waals surface area contributed by atoms with Gasteiger partial charge in [0.05, 0.1) is 12.1 Å². The molecule has 0 amide bonds. The van der Waals surface area contributed by atoms with Crippen molar-refractivity contribution in [2.24, 2.45) is 5.92 Å². The second kappa shape index (κ2) is 6.74. The van der Waals surface area contributed by atoms with E-state index in [-0.39, 0.29) is 12.1 Å². The molecule has 3 heteroatoms. The van der Waals surface area contributed by atoms with Crippen molar-refractivity contribution < 1.29 is 9.84 Å². The Balaban J connectivity index is 2.63. The fraction of sp³-hybridized carbons (Fsp3) is 0.571. The topological polar surface area (TPSA) is 41.5 Å². The first-order valence-electron chi connectivity index (χ1n) is 6.02. The SMILES string of the molecule is COCC(C)CNC(C)(CO)c1ccccc1. The van der Waals surface area contributed by atoms with E-state index in [1.54, 1.807) is 7.11 Å². The Labute approximate surface area is 104 Å². The van der Waals surface area contributed by atoms with Crippen molar-refractivity contribution in [1.82, 2.24) is 5.32 Å². The van der Waals surface area contributed by atoms with Gasteiger partial charge in [0.1, 0.15) is 0 Å². The van der Waals surface area contributed by atoms with Gasteiger partial charge >= 0.3 is 0 Å². The largest absolute Gasteiger partial charge is 0.394 e. The minimum Gasteiger partial charge on any atom is -0.394 e. The molecule has 1 aromatic rings. The van der Waals surface area contributed by atoms with Gasteiger partial charge in [0, 0.05) is 20.3 Å². The van der Waals surface area contributed by atoms with Crippen LogP contribution in [0.2, 0.25) is 0 Å². The van der Waals surface area contributed by atoms with E-state index in [0.29, 0.717) is 5.92 Å². The van der Waals surface area contributed by atoms with Crippen LogP contribution in [0, 0.1) is 5.92 Å². The molecular formula is C14H23NO2. The number of hydrogen-bond donors (Lipinski definition) is 2. The molecule has 0 bridgehead atoms. The number of aliphatic hydroxyl groups is 1. The highest BCUT2D eigenvalue weighted by atomic mass is 16.5. The average molecular weight is 237 g/mol. The third kappa shape index (κ3) is 4.11. The molecule has 0 heterocycles. The van der Waals surface area contributed by atoms with Crippen LogP contribution in [0.4, 0.5) is 0 Å². The smallest absolute Gasteiger partial charge is 0.0652 e. The molecular weight excluding hydrogens is 214 g/mol. The summed E-state index contributed by atoms with van der Waals surface area (Å²) in [5.74, 6) is 0.426. The van der Waals surface area contributed by atoms with Gasteiger partial charge in [0.25, 0.3) is 0 Å². The first-order valence-corrected chi connectivity index (χ1v) is 6.02. The second-order valence-electron chi connectivity index (χ2n) is 4.80. The lowest BCUT2D eigenvalue weighted by atomic mass is 9.92. The number of aliphatic hydroxyl groups excluding tert-OH is 1. The summed E-state index contributed by atoms with van der Waals surface area (Å²) in [5.41, 5.74) is 0.718. The molecule has 0 aromatic heterocycles. The zero-order valence-corrected chi connectivity index (χ0v) is 10.9. The lowest BCUT2D eigenvalue weighted by Crippen LogP contribution is -2.45. The summed E-state index contributed by atoms with van der Waals surface area (Å²) in [4.78, 5) is 0. The summed E-state index contributed by atoms with van der Waals surface area (Å²) in [6.07, 6.45) is 0. The predicted molar refractivity (Wildman–Crippen MR) is 69.9 cm³/mol. The third-order valence-corrected chi connectivity index (χ3v) is 3.02. The normalized spacial score (nSPS) is 16.5. The number of rotatable bonds is 7. The Hall–Kier alpha value is -0.900. The maximum absolute atomic E-state index is 9.59. The lowest BCUT2D eigenvalue weighted by molar-refractivity contribution is 0.135. The lowest BCUT2D eigenvalue weighted by Gasteiger charge is -2.30. The predicted octanol–water partition coefficient (Wildman–Crippen LogP) is 1.77. The highest BCUT2D eigenvalue weighted by Gasteiger charge is 2.25. The van der Waals surface area contributed by atoms with E-state index in [4.69, 9.17) is 4.74 Å². The minimum atomic E-state index is -0.386. The summed E-state index contributed by atoms with van der Waals surface area (Å²) < 4.78 is 5.11. The molecule has 0 saturated heterocycles. The molecule has 2 N–H and O–H groups in total. The van der Waals surface area contributed by atoms with E-state index in [9.17, 15) is 5.11 Å². The number of ether oxygens (including phenoxy) is 1. The van der Waals surface area contributed by atoms with Crippen LogP contribution in [0.1, 0.15) is 19.4 Å². The Morgan fingerprint density at radius 3 is 2.53 bits per heavy atom. The van der Waals surface area contributed by atoms with Gasteiger partial charge in [-0.25, -0.2) is 0 Å². The number of benzene rings is 1. The summed E-state index contributed by atoms with van der Waals surface area (Å²) in [7, 11) is 1.71. The van der Waals surface area contributed by atoms with Crippen molar-refractivity contribution in [3.05, 3.63) is 35.9 Å². The summed E-state index contributed by atoms with van der Waals surface area (Å²) in [6.45, 7) is 5.76. The fourth-order valence-electron chi connectivity index (χ4n) is 1.80. The molecule has 3 nitrogen and oxygen atoms in total. The second-order valence-corrected chi connectivity index (χ2v) is 4.80. The van der Waals surface area contributed by atoms with Crippen LogP contribution < -0.4 is 5.32 Å². The fourth-order valence-corrected chi connectivity index (χ4v) is 1.80. The van der Waals surface area contributed by atoms with Crippen LogP contribution in [0.5, 0.6) is 0 Å². The van der Waals surface area contributed by atoms with E-state index >= 15 is 0 Å². The molecule has 1 rings (SSSR count). The van der Waals surface area contributed by atoms with Gasteiger partial charge in [-0.3, -0.25) is 0 Å².